The lowest BCUT2D eigenvalue weighted by Crippen LogP contribution is -2.14. The van der Waals surface area contributed by atoms with E-state index in [-0.39, 0.29) is 15.5 Å². The third-order valence-corrected chi connectivity index (χ3v) is 5.03. The van der Waals surface area contributed by atoms with E-state index in [1.165, 1.54) is 11.4 Å². The van der Waals surface area contributed by atoms with Gasteiger partial charge in [0.2, 0.25) is 0 Å². The number of alkyl halides is 3. The minimum atomic E-state index is -4.58. The highest BCUT2D eigenvalue weighted by molar-refractivity contribution is 7.92. The normalized spacial score (nSPS) is 12.1. The molecule has 1 aromatic heterocycles. The highest BCUT2D eigenvalue weighted by atomic mass is 32.2. The van der Waals surface area contributed by atoms with Crippen molar-refractivity contribution >= 4 is 33.0 Å². The van der Waals surface area contributed by atoms with E-state index in [2.05, 4.69) is 0 Å². The molecule has 1 heterocycles. The van der Waals surface area contributed by atoms with Crippen molar-refractivity contribution in [2.45, 2.75) is 11.1 Å². The fraction of sp³-hybridized carbons (Fsp3) is 0.0833. The van der Waals surface area contributed by atoms with Gasteiger partial charge in [0.05, 0.1) is 15.3 Å². The van der Waals surface area contributed by atoms with Gasteiger partial charge < -0.3 is 5.73 Å². The molecule has 0 saturated carbocycles. The number of carbonyl (C=O) groups excluding carboxylic acids is 1. The molecule has 22 heavy (non-hydrogen) atoms. The first-order valence-electron chi connectivity index (χ1n) is 5.68. The van der Waals surface area contributed by atoms with E-state index >= 15 is 0 Å². The van der Waals surface area contributed by atoms with E-state index in [1.807, 2.05) is 4.72 Å². The summed E-state index contributed by atoms with van der Waals surface area (Å²) >= 11 is 0.829. The van der Waals surface area contributed by atoms with Gasteiger partial charge in [0.25, 0.3) is 15.9 Å². The number of nitrogens with one attached hydrogen (secondary N) is 1. The lowest BCUT2D eigenvalue weighted by molar-refractivity contribution is -0.137. The number of sulfonamides is 1. The second-order valence-electron chi connectivity index (χ2n) is 4.19. The summed E-state index contributed by atoms with van der Waals surface area (Å²) in [5, 5.41) is 1.18. The van der Waals surface area contributed by atoms with Gasteiger partial charge in [-0.15, -0.1) is 11.3 Å². The Hall–Kier alpha value is -2.07. The van der Waals surface area contributed by atoms with E-state index in [0.717, 1.165) is 29.5 Å². The van der Waals surface area contributed by atoms with Crippen LogP contribution < -0.4 is 10.5 Å². The van der Waals surface area contributed by atoms with Crippen molar-refractivity contribution in [1.82, 2.24) is 0 Å². The number of amides is 1. The Kier molecular flexibility index (Phi) is 4.16. The van der Waals surface area contributed by atoms with Gasteiger partial charge >= 0.3 is 6.18 Å². The van der Waals surface area contributed by atoms with Crippen LogP contribution in [0.4, 0.5) is 18.9 Å². The Morgan fingerprint density at radius 2 is 1.91 bits per heavy atom. The summed E-state index contributed by atoms with van der Waals surface area (Å²) in [5.41, 5.74) is 3.81. The summed E-state index contributed by atoms with van der Waals surface area (Å²) in [6, 6.07) is 4.84. The van der Waals surface area contributed by atoms with Crippen LogP contribution in [-0.2, 0) is 16.2 Å². The highest BCUT2D eigenvalue weighted by Crippen LogP contribution is 2.31. The number of nitrogens with two attached hydrogens (primary N) is 1. The van der Waals surface area contributed by atoms with Gasteiger partial charge in [-0.25, -0.2) is 8.42 Å². The smallest absolute Gasteiger partial charge is 0.365 e. The molecule has 1 amide bonds. The van der Waals surface area contributed by atoms with Crippen LogP contribution in [0.3, 0.4) is 0 Å². The summed E-state index contributed by atoms with van der Waals surface area (Å²) in [7, 11) is -4.10. The summed E-state index contributed by atoms with van der Waals surface area (Å²) in [6.45, 7) is 0. The number of halogens is 3. The lowest BCUT2D eigenvalue weighted by atomic mass is 10.2. The van der Waals surface area contributed by atoms with Gasteiger partial charge in [-0.3, -0.25) is 9.52 Å². The predicted octanol–water partition coefficient (Wildman–Crippen LogP) is 2.67. The molecule has 5 nitrogen and oxygen atoms in total. The van der Waals surface area contributed by atoms with E-state index in [4.69, 9.17) is 5.73 Å². The van der Waals surface area contributed by atoms with Gasteiger partial charge in [-0.1, -0.05) is 6.07 Å². The van der Waals surface area contributed by atoms with E-state index in [9.17, 15) is 26.4 Å². The molecule has 0 radical (unpaired) electrons. The average molecular weight is 350 g/mol. The van der Waals surface area contributed by atoms with Gasteiger partial charge in [-0.2, -0.15) is 13.2 Å². The van der Waals surface area contributed by atoms with Crippen molar-refractivity contribution in [3.63, 3.8) is 0 Å². The molecule has 0 aliphatic heterocycles. The first-order chi connectivity index (χ1) is 10.1. The minimum Gasteiger partial charge on any atom is -0.365 e. The van der Waals surface area contributed by atoms with Crippen LogP contribution in [0.2, 0.25) is 0 Å². The van der Waals surface area contributed by atoms with E-state index in [0.29, 0.717) is 6.07 Å². The molecule has 10 heteroatoms. The van der Waals surface area contributed by atoms with E-state index < -0.39 is 27.7 Å². The number of carbonyl (C=O) groups is 1. The molecular formula is C12H9F3N2O3S2. The molecule has 0 aliphatic carbocycles. The Labute approximate surface area is 127 Å². The average Bonchev–Trinajstić information content (AvgIpc) is 2.88. The number of rotatable bonds is 4. The summed E-state index contributed by atoms with van der Waals surface area (Å²) in [6.07, 6.45) is -4.58. The minimum absolute atomic E-state index is 0.0319. The van der Waals surface area contributed by atoms with Crippen LogP contribution in [0.15, 0.2) is 40.6 Å². The number of hydrogen-bond acceptors (Lipinski definition) is 4. The van der Waals surface area contributed by atoms with Crippen LogP contribution in [0, 0.1) is 0 Å². The van der Waals surface area contributed by atoms with Crippen molar-refractivity contribution < 1.29 is 26.4 Å². The first kappa shape index (κ1) is 16.3. The molecule has 118 valence electrons. The lowest BCUT2D eigenvalue weighted by Gasteiger charge is -2.10. The number of hydrogen-bond donors (Lipinski definition) is 2. The monoisotopic (exact) mass is 350 g/mol. The molecule has 0 atom stereocenters. The molecule has 0 unspecified atom stereocenters. The SMILES string of the molecule is NC(=O)c1cc(S(=O)(=O)Nc2cccc(C(F)(F)F)c2)cs1. The predicted molar refractivity (Wildman–Crippen MR) is 75.1 cm³/mol. The molecular weight excluding hydrogens is 341 g/mol. The van der Waals surface area contributed by atoms with Crippen LogP contribution >= 0.6 is 11.3 Å². The van der Waals surface area contributed by atoms with Crippen molar-refractivity contribution in [3.8, 4) is 0 Å². The van der Waals surface area contributed by atoms with Crippen LogP contribution in [0.25, 0.3) is 0 Å². The molecule has 2 rings (SSSR count). The molecule has 3 N–H and O–H groups in total. The molecule has 0 spiro atoms. The maximum atomic E-state index is 12.6. The third kappa shape index (κ3) is 3.57. The number of anilines is 1. The van der Waals surface area contributed by atoms with Crippen molar-refractivity contribution in [1.29, 1.82) is 0 Å². The largest absolute Gasteiger partial charge is 0.416 e. The molecule has 0 bridgehead atoms. The zero-order valence-electron chi connectivity index (χ0n) is 10.7. The molecule has 0 saturated heterocycles. The van der Waals surface area contributed by atoms with Gasteiger partial charge in [0.15, 0.2) is 0 Å². The maximum absolute atomic E-state index is 12.6. The quantitative estimate of drug-likeness (QED) is 0.888. The van der Waals surface area contributed by atoms with Crippen LogP contribution in [-0.4, -0.2) is 14.3 Å². The Balaban J connectivity index is 2.30. The van der Waals surface area contributed by atoms with Crippen molar-refractivity contribution in [3.05, 3.63) is 46.2 Å². The van der Waals surface area contributed by atoms with Crippen molar-refractivity contribution in [2.75, 3.05) is 4.72 Å². The molecule has 0 aliphatic rings. The second kappa shape index (κ2) is 5.61. The van der Waals surface area contributed by atoms with Gasteiger partial charge in [-0.05, 0) is 24.3 Å². The molecule has 1 aromatic carbocycles. The van der Waals surface area contributed by atoms with Crippen LogP contribution in [0.1, 0.15) is 15.2 Å². The number of thiophene rings is 1. The van der Waals surface area contributed by atoms with Gasteiger partial charge in [0.1, 0.15) is 0 Å². The van der Waals surface area contributed by atoms with Gasteiger partial charge in [0, 0.05) is 11.1 Å². The van der Waals surface area contributed by atoms with Crippen LogP contribution in [0.5, 0.6) is 0 Å². The summed E-state index contributed by atoms with van der Waals surface area (Å²) < 4.78 is 63.9. The maximum Gasteiger partial charge on any atom is 0.416 e. The van der Waals surface area contributed by atoms with E-state index in [1.54, 1.807) is 0 Å². The highest BCUT2D eigenvalue weighted by Gasteiger charge is 2.30. The summed E-state index contributed by atoms with van der Waals surface area (Å²) in [5.74, 6) is -0.787. The summed E-state index contributed by atoms with van der Waals surface area (Å²) in [4.78, 5) is 10.7. The Bertz CT molecular complexity index is 813. The number of benzene rings is 1. The zero-order chi connectivity index (χ0) is 16.5. The standard InChI is InChI=1S/C12H9F3N2O3S2/c13-12(14,15)7-2-1-3-8(4-7)17-22(19,20)9-5-10(11(16)18)21-6-9/h1-6,17H,(H2,16,18). The molecule has 2 aromatic rings. The second-order valence-corrected chi connectivity index (χ2v) is 6.79. The number of primary amides is 1. The third-order valence-electron chi connectivity index (χ3n) is 2.57. The molecule has 0 fully saturated rings. The Morgan fingerprint density at radius 3 is 2.45 bits per heavy atom. The topological polar surface area (TPSA) is 89.3 Å². The van der Waals surface area contributed by atoms with Crippen molar-refractivity contribution in [2.24, 2.45) is 5.73 Å². The first-order valence-corrected chi connectivity index (χ1v) is 8.04. The fourth-order valence-corrected chi connectivity index (χ4v) is 3.74. The Morgan fingerprint density at radius 1 is 1.23 bits per heavy atom. The fourth-order valence-electron chi connectivity index (χ4n) is 1.56. The zero-order valence-corrected chi connectivity index (χ0v) is 12.3.